The third kappa shape index (κ3) is 4.16. The molecule has 0 unspecified atom stereocenters. The van der Waals surface area contributed by atoms with Crippen molar-refractivity contribution in [2.75, 3.05) is 0 Å². The van der Waals surface area contributed by atoms with Crippen LogP contribution in [0.3, 0.4) is 0 Å². The molecule has 4 aromatic carbocycles. The minimum atomic E-state index is -5.72. The van der Waals surface area contributed by atoms with Gasteiger partial charge in [0.25, 0.3) is 0 Å². The Balaban J connectivity index is 0.00000306. The van der Waals surface area contributed by atoms with Crippen molar-refractivity contribution in [3.8, 4) is 0 Å². The number of rotatable bonds is 5. The predicted molar refractivity (Wildman–Crippen MR) is 121 cm³/mol. The number of hydrogen-bond donors (Lipinski definition) is 0. The maximum absolute atomic E-state index is 14.9. The summed E-state index contributed by atoms with van der Waals surface area (Å²) in [6.07, 6.45) is -5.72. The Morgan fingerprint density at radius 2 is 0.788 bits per heavy atom. The molecule has 33 heavy (non-hydrogen) atoms. The molecular formula is C26H19F6P. The highest BCUT2D eigenvalue weighted by Crippen LogP contribution is 2.57. The maximum Gasteiger partial charge on any atom is 0.458 e. The van der Waals surface area contributed by atoms with E-state index in [0.29, 0.717) is 15.9 Å². The molecule has 0 amide bonds. The molecule has 4 aromatic rings. The predicted octanol–water partition coefficient (Wildman–Crippen LogP) is 2.96. The number of benzene rings is 4. The Morgan fingerprint density at radius 1 is 0.455 bits per heavy atom. The van der Waals surface area contributed by atoms with Crippen LogP contribution in [0.4, 0.5) is 22.0 Å². The summed E-state index contributed by atoms with van der Waals surface area (Å²) in [6, 6.07) is 31.9. The summed E-state index contributed by atoms with van der Waals surface area (Å²) < 4.78 is 70.5. The summed E-state index contributed by atoms with van der Waals surface area (Å²) in [7, 11) is -3.09. The van der Waals surface area contributed by atoms with Gasteiger partial charge in [-0.2, -0.15) is 22.0 Å². The molecular weight excluding hydrogens is 457 g/mol. The second-order valence-electron chi connectivity index (χ2n) is 7.27. The molecule has 4 rings (SSSR count). The Labute approximate surface area is 188 Å². The zero-order valence-electron chi connectivity index (χ0n) is 17.2. The second kappa shape index (κ2) is 9.40. The number of hydrogen-bond acceptors (Lipinski definition) is 0. The van der Waals surface area contributed by atoms with E-state index in [0.717, 1.165) is 6.07 Å². The summed E-state index contributed by atoms with van der Waals surface area (Å²) in [5.41, 5.74) is -1.02. The van der Waals surface area contributed by atoms with E-state index < -0.39 is 24.9 Å². The Kier molecular flexibility index (Phi) is 6.99. The van der Waals surface area contributed by atoms with Gasteiger partial charge >= 0.3 is 12.1 Å². The Hall–Kier alpha value is -3.11. The molecule has 0 aliphatic carbocycles. The van der Waals surface area contributed by atoms with E-state index in [9.17, 15) is 22.0 Å². The monoisotopic (exact) mass is 476 g/mol. The summed E-state index contributed by atoms with van der Waals surface area (Å²) >= 11 is 0. The molecule has 0 aliphatic rings. The van der Waals surface area contributed by atoms with Crippen molar-refractivity contribution in [2.24, 2.45) is 0 Å². The molecule has 7 heteroatoms. The van der Waals surface area contributed by atoms with E-state index in [1.807, 2.05) is 0 Å². The lowest BCUT2D eigenvalue weighted by Gasteiger charge is -2.31. The summed E-state index contributed by atoms with van der Waals surface area (Å²) in [6.45, 7) is 0. The topological polar surface area (TPSA) is 0 Å². The van der Waals surface area contributed by atoms with Gasteiger partial charge in [0.1, 0.15) is 28.5 Å². The fraction of sp³-hybridized carbons (Fsp3) is 0.0769. The first-order valence-electron chi connectivity index (χ1n) is 9.90. The lowest BCUT2D eigenvalue weighted by Crippen LogP contribution is -3.00. The van der Waals surface area contributed by atoms with E-state index >= 15 is 0 Å². The molecule has 0 aromatic heterocycles. The van der Waals surface area contributed by atoms with E-state index in [4.69, 9.17) is 0 Å². The average Bonchev–Trinajstić information content (AvgIpc) is 2.81. The van der Waals surface area contributed by atoms with E-state index in [2.05, 4.69) is 0 Å². The third-order valence-electron chi connectivity index (χ3n) is 5.39. The molecule has 0 N–H and O–H groups in total. The van der Waals surface area contributed by atoms with Crippen LogP contribution in [0.1, 0.15) is 5.56 Å². The van der Waals surface area contributed by atoms with Crippen LogP contribution in [-0.2, 0) is 5.92 Å². The van der Waals surface area contributed by atoms with E-state index in [1.165, 1.54) is 18.2 Å². The summed E-state index contributed by atoms with van der Waals surface area (Å²) in [5, 5.41) is 2.08. The van der Waals surface area contributed by atoms with Crippen molar-refractivity contribution in [1.29, 1.82) is 0 Å². The van der Waals surface area contributed by atoms with Crippen LogP contribution in [0, 0.1) is 0 Å². The van der Waals surface area contributed by atoms with Crippen molar-refractivity contribution in [2.45, 2.75) is 12.1 Å². The van der Waals surface area contributed by atoms with Crippen LogP contribution in [-0.4, -0.2) is 6.18 Å². The minimum Gasteiger partial charge on any atom is -1.00 e. The molecule has 0 nitrogen and oxygen atoms in total. The van der Waals surface area contributed by atoms with Gasteiger partial charge < -0.3 is 4.70 Å². The highest BCUT2D eigenvalue weighted by atomic mass is 31.2. The lowest BCUT2D eigenvalue weighted by atomic mass is 10.1. The van der Waals surface area contributed by atoms with Gasteiger partial charge in [0.05, 0.1) is 5.56 Å². The quantitative estimate of drug-likeness (QED) is 0.307. The van der Waals surface area contributed by atoms with Crippen LogP contribution in [0.15, 0.2) is 115 Å². The van der Waals surface area contributed by atoms with Gasteiger partial charge in [-0.3, -0.25) is 0 Å². The normalized spacial score (nSPS) is 12.2. The molecule has 0 radical (unpaired) electrons. The molecule has 0 aliphatic heterocycles. The standard InChI is InChI=1S/C26H19F5P.FH/c27-25(28,26(29,30)31)23-18-10-11-19-24(23)32(20-12-4-1-5-13-20,21-14-6-2-7-15-21)22-16-8-3-9-17-22;/h1-19H;1H/q+1;/p-1. The molecule has 0 heterocycles. The van der Waals surface area contributed by atoms with E-state index in [1.54, 1.807) is 91.0 Å². The maximum atomic E-state index is 14.9. The summed E-state index contributed by atoms with van der Waals surface area (Å²) in [4.78, 5) is 0. The smallest absolute Gasteiger partial charge is 0.458 e. The van der Waals surface area contributed by atoms with Crippen molar-refractivity contribution >= 4 is 28.5 Å². The number of alkyl halides is 5. The fourth-order valence-electron chi connectivity index (χ4n) is 4.00. The molecule has 170 valence electrons. The van der Waals surface area contributed by atoms with Gasteiger partial charge in [-0.05, 0) is 48.5 Å². The van der Waals surface area contributed by atoms with Gasteiger partial charge in [0.15, 0.2) is 0 Å². The van der Waals surface area contributed by atoms with Gasteiger partial charge in [0, 0.05) is 0 Å². The van der Waals surface area contributed by atoms with Gasteiger partial charge in [0.2, 0.25) is 0 Å². The van der Waals surface area contributed by atoms with Crippen molar-refractivity contribution in [3.05, 3.63) is 121 Å². The second-order valence-corrected chi connectivity index (χ2v) is 10.6. The fourth-order valence-corrected chi connectivity index (χ4v) is 8.48. The SMILES string of the molecule is FC(F)(F)C(F)(F)c1ccccc1[P+](c1ccccc1)(c1ccccc1)c1ccccc1.[F-]. The van der Waals surface area contributed by atoms with Gasteiger partial charge in [-0.15, -0.1) is 0 Å². The molecule has 0 fully saturated rings. The van der Waals surface area contributed by atoms with Crippen LogP contribution in [0.5, 0.6) is 0 Å². The highest BCUT2D eigenvalue weighted by Gasteiger charge is 2.63. The first-order chi connectivity index (χ1) is 15.3. The first-order valence-corrected chi connectivity index (χ1v) is 11.7. The van der Waals surface area contributed by atoms with Crippen LogP contribution >= 0.6 is 7.26 Å². The van der Waals surface area contributed by atoms with Crippen molar-refractivity contribution in [3.63, 3.8) is 0 Å². The molecule has 0 bridgehead atoms. The van der Waals surface area contributed by atoms with Crippen molar-refractivity contribution in [1.82, 2.24) is 0 Å². The molecule has 0 atom stereocenters. The van der Waals surface area contributed by atoms with Crippen LogP contribution < -0.4 is 25.9 Å². The first kappa shape index (κ1) is 24.5. The summed E-state index contributed by atoms with van der Waals surface area (Å²) in [5.74, 6) is -5.01. The van der Waals surface area contributed by atoms with E-state index in [-0.39, 0.29) is 10.0 Å². The molecule has 0 saturated heterocycles. The van der Waals surface area contributed by atoms with Crippen LogP contribution in [0.2, 0.25) is 0 Å². The largest absolute Gasteiger partial charge is 1.00 e. The third-order valence-corrected chi connectivity index (χ3v) is 9.72. The minimum absolute atomic E-state index is 0. The van der Waals surface area contributed by atoms with Crippen molar-refractivity contribution < 1.29 is 26.7 Å². The highest BCUT2D eigenvalue weighted by molar-refractivity contribution is 8.01. The Morgan fingerprint density at radius 3 is 1.15 bits per heavy atom. The molecule has 0 spiro atoms. The number of halogens is 6. The van der Waals surface area contributed by atoms with Gasteiger partial charge in [-0.25, -0.2) is 0 Å². The lowest BCUT2D eigenvalue weighted by molar-refractivity contribution is -0.288. The Bertz CT molecular complexity index is 1080. The molecule has 0 saturated carbocycles. The van der Waals surface area contributed by atoms with Gasteiger partial charge in [-0.1, -0.05) is 66.7 Å². The average molecular weight is 476 g/mol. The zero-order valence-corrected chi connectivity index (χ0v) is 18.1. The van der Waals surface area contributed by atoms with Crippen LogP contribution in [0.25, 0.3) is 0 Å². The zero-order chi connectivity index (χ0) is 22.8.